The van der Waals surface area contributed by atoms with Crippen LogP contribution in [-0.4, -0.2) is 50.1 Å². The Morgan fingerprint density at radius 3 is 2.72 bits per heavy atom. The van der Waals surface area contributed by atoms with E-state index in [1.54, 1.807) is 17.2 Å². The summed E-state index contributed by atoms with van der Waals surface area (Å²) in [5, 5.41) is 10.7. The van der Waals surface area contributed by atoms with Gasteiger partial charge in [-0.1, -0.05) is 36.4 Å². The van der Waals surface area contributed by atoms with Crippen LogP contribution >= 0.6 is 0 Å². The molecule has 3 aromatic heterocycles. The maximum atomic E-state index is 12.7. The van der Waals surface area contributed by atoms with Crippen LogP contribution in [0.5, 0.6) is 0 Å². The average molecular weight is 384 g/mol. The molecular formula is C23H20N4O2. The van der Waals surface area contributed by atoms with Crippen molar-refractivity contribution in [2.24, 2.45) is 0 Å². The van der Waals surface area contributed by atoms with Gasteiger partial charge in [-0.3, -0.25) is 4.79 Å². The van der Waals surface area contributed by atoms with Crippen LogP contribution in [0, 0.1) is 0 Å². The van der Waals surface area contributed by atoms with Crippen molar-refractivity contribution in [3.05, 3.63) is 72.6 Å². The minimum absolute atomic E-state index is 0.148. The van der Waals surface area contributed by atoms with Gasteiger partial charge in [0.1, 0.15) is 11.3 Å². The first kappa shape index (κ1) is 17.6. The largest absolute Gasteiger partial charge is 0.391 e. The van der Waals surface area contributed by atoms with Crippen LogP contribution in [0.3, 0.4) is 0 Å². The maximum absolute atomic E-state index is 12.7. The molecule has 1 unspecified atom stereocenters. The molecule has 1 amide bonds. The molecule has 6 nitrogen and oxygen atoms in total. The van der Waals surface area contributed by atoms with Gasteiger partial charge in [0.05, 0.1) is 11.8 Å². The number of amides is 1. The fourth-order valence-electron chi connectivity index (χ4n) is 3.73. The molecule has 2 N–H and O–H groups in total. The summed E-state index contributed by atoms with van der Waals surface area (Å²) in [5.74, 6) is -0.148. The van der Waals surface area contributed by atoms with Crippen molar-refractivity contribution < 1.29 is 9.90 Å². The van der Waals surface area contributed by atoms with Gasteiger partial charge in [-0.2, -0.15) is 0 Å². The Bertz CT molecular complexity index is 1190. The van der Waals surface area contributed by atoms with Gasteiger partial charge in [0.25, 0.3) is 5.91 Å². The van der Waals surface area contributed by atoms with Crippen molar-refractivity contribution in [3.63, 3.8) is 0 Å². The number of nitrogens with one attached hydrogen (secondary N) is 1. The van der Waals surface area contributed by atoms with E-state index in [4.69, 9.17) is 0 Å². The Balaban J connectivity index is 1.47. The maximum Gasteiger partial charge on any atom is 0.272 e. The summed E-state index contributed by atoms with van der Waals surface area (Å²) in [6, 6.07) is 19.6. The lowest BCUT2D eigenvalue weighted by molar-refractivity contribution is 0.0759. The van der Waals surface area contributed by atoms with Crippen molar-refractivity contribution in [2.45, 2.75) is 12.5 Å². The first-order chi connectivity index (χ1) is 14.2. The topological polar surface area (TPSA) is 82.1 Å². The third-order valence-electron chi connectivity index (χ3n) is 5.27. The number of β-amino-alcohol motifs (C(OH)–C–C–N with tert-alkyl or cyclic N) is 1. The number of pyridine rings is 2. The summed E-state index contributed by atoms with van der Waals surface area (Å²) in [4.78, 5) is 26.8. The lowest BCUT2D eigenvalue weighted by Crippen LogP contribution is -2.30. The van der Waals surface area contributed by atoms with E-state index in [2.05, 4.69) is 33.2 Å². The SMILES string of the molecule is O=C(c1cccc(-c2cnc3[nH]c(-c4ccccc4)cc3c2)n1)N1CCC(O)C1. The third-order valence-corrected chi connectivity index (χ3v) is 5.27. The zero-order valence-electron chi connectivity index (χ0n) is 15.7. The lowest BCUT2D eigenvalue weighted by atomic mass is 10.1. The molecule has 6 heteroatoms. The molecule has 0 spiro atoms. The monoisotopic (exact) mass is 384 g/mol. The third kappa shape index (κ3) is 3.39. The predicted molar refractivity (Wildman–Crippen MR) is 111 cm³/mol. The molecule has 1 aliphatic heterocycles. The van der Waals surface area contributed by atoms with Crippen molar-refractivity contribution in [3.8, 4) is 22.5 Å². The first-order valence-electron chi connectivity index (χ1n) is 9.66. The fourth-order valence-corrected chi connectivity index (χ4v) is 3.73. The van der Waals surface area contributed by atoms with Gasteiger partial charge in [0, 0.05) is 35.9 Å². The van der Waals surface area contributed by atoms with Crippen LogP contribution in [-0.2, 0) is 0 Å². The number of rotatable bonds is 3. The number of carbonyl (C=O) groups is 1. The molecule has 0 radical (unpaired) electrons. The number of hydrogen-bond donors (Lipinski definition) is 2. The molecule has 1 fully saturated rings. The molecule has 1 saturated heterocycles. The fraction of sp³-hybridized carbons (Fsp3) is 0.174. The van der Waals surface area contributed by atoms with Crippen molar-refractivity contribution in [1.29, 1.82) is 0 Å². The number of aliphatic hydroxyl groups excluding tert-OH is 1. The molecule has 29 heavy (non-hydrogen) atoms. The number of fused-ring (bicyclic) bond motifs is 1. The smallest absolute Gasteiger partial charge is 0.272 e. The molecule has 0 aliphatic carbocycles. The van der Waals surface area contributed by atoms with E-state index in [0.717, 1.165) is 27.9 Å². The van der Waals surface area contributed by atoms with Crippen LogP contribution in [0.4, 0.5) is 0 Å². The summed E-state index contributed by atoms with van der Waals surface area (Å²) < 4.78 is 0. The normalized spacial score (nSPS) is 16.4. The molecule has 144 valence electrons. The molecule has 4 aromatic rings. The van der Waals surface area contributed by atoms with Gasteiger partial charge >= 0.3 is 0 Å². The Morgan fingerprint density at radius 2 is 1.93 bits per heavy atom. The number of hydrogen-bond acceptors (Lipinski definition) is 4. The number of aromatic nitrogens is 3. The number of H-pyrrole nitrogens is 1. The number of carbonyl (C=O) groups excluding carboxylic acids is 1. The molecule has 1 atom stereocenters. The van der Waals surface area contributed by atoms with Gasteiger partial charge in [-0.05, 0) is 36.2 Å². The molecule has 0 saturated carbocycles. The van der Waals surface area contributed by atoms with E-state index in [0.29, 0.717) is 30.9 Å². The second-order valence-corrected chi connectivity index (χ2v) is 7.31. The lowest BCUT2D eigenvalue weighted by Gasteiger charge is -2.15. The van der Waals surface area contributed by atoms with E-state index in [1.807, 2.05) is 36.4 Å². The first-order valence-corrected chi connectivity index (χ1v) is 9.66. The second-order valence-electron chi connectivity index (χ2n) is 7.31. The minimum atomic E-state index is -0.443. The molecular weight excluding hydrogens is 364 g/mol. The highest BCUT2D eigenvalue weighted by molar-refractivity contribution is 5.93. The highest BCUT2D eigenvalue weighted by Gasteiger charge is 2.26. The van der Waals surface area contributed by atoms with Crippen LogP contribution in [0.2, 0.25) is 0 Å². The zero-order chi connectivity index (χ0) is 19.8. The quantitative estimate of drug-likeness (QED) is 0.566. The Morgan fingerprint density at radius 1 is 1.07 bits per heavy atom. The summed E-state index contributed by atoms with van der Waals surface area (Å²) in [6.45, 7) is 0.925. The van der Waals surface area contributed by atoms with Crippen LogP contribution < -0.4 is 0 Å². The van der Waals surface area contributed by atoms with Crippen LogP contribution in [0.25, 0.3) is 33.5 Å². The predicted octanol–water partition coefficient (Wildman–Crippen LogP) is 3.50. The number of aromatic amines is 1. The molecule has 1 aliphatic rings. The zero-order valence-corrected chi connectivity index (χ0v) is 15.7. The van der Waals surface area contributed by atoms with Crippen LogP contribution in [0.1, 0.15) is 16.9 Å². The number of benzene rings is 1. The Labute approximate surface area is 167 Å². The van der Waals surface area contributed by atoms with Crippen molar-refractivity contribution >= 4 is 16.9 Å². The van der Waals surface area contributed by atoms with E-state index < -0.39 is 6.10 Å². The summed E-state index contributed by atoms with van der Waals surface area (Å²) in [6.07, 6.45) is 1.94. The van der Waals surface area contributed by atoms with Gasteiger partial charge in [0.15, 0.2) is 0 Å². The van der Waals surface area contributed by atoms with Crippen molar-refractivity contribution in [1.82, 2.24) is 19.9 Å². The summed E-state index contributed by atoms with van der Waals surface area (Å²) in [7, 11) is 0. The molecule has 5 rings (SSSR count). The van der Waals surface area contributed by atoms with E-state index in [1.165, 1.54) is 0 Å². The molecule has 1 aromatic carbocycles. The van der Waals surface area contributed by atoms with Gasteiger partial charge < -0.3 is 15.0 Å². The van der Waals surface area contributed by atoms with Crippen LogP contribution in [0.15, 0.2) is 66.9 Å². The molecule has 0 bridgehead atoms. The number of aliphatic hydroxyl groups is 1. The van der Waals surface area contributed by atoms with E-state index in [9.17, 15) is 9.90 Å². The minimum Gasteiger partial charge on any atom is -0.391 e. The second kappa shape index (κ2) is 7.14. The van der Waals surface area contributed by atoms with E-state index in [-0.39, 0.29) is 5.91 Å². The number of nitrogens with zero attached hydrogens (tertiary/aromatic N) is 3. The van der Waals surface area contributed by atoms with E-state index >= 15 is 0 Å². The highest BCUT2D eigenvalue weighted by atomic mass is 16.3. The Kier molecular flexibility index (Phi) is 4.33. The molecule has 4 heterocycles. The highest BCUT2D eigenvalue weighted by Crippen LogP contribution is 2.26. The van der Waals surface area contributed by atoms with Gasteiger partial charge in [0.2, 0.25) is 0 Å². The standard InChI is InChI=1S/C23H20N4O2/c28-18-9-10-27(14-18)23(29)20-8-4-7-19(25-20)17-11-16-12-21(26-22(16)24-13-17)15-5-2-1-3-6-15/h1-8,11-13,18,28H,9-10,14H2,(H,24,26). The Hall–Kier alpha value is -3.51. The van der Waals surface area contributed by atoms with Gasteiger partial charge in [-0.25, -0.2) is 9.97 Å². The number of likely N-dealkylation sites (tertiary alicyclic amines) is 1. The van der Waals surface area contributed by atoms with Gasteiger partial charge in [-0.15, -0.1) is 0 Å². The summed E-state index contributed by atoms with van der Waals surface area (Å²) >= 11 is 0. The average Bonchev–Trinajstić information content (AvgIpc) is 3.39. The summed E-state index contributed by atoms with van der Waals surface area (Å²) in [5.41, 5.74) is 4.86. The van der Waals surface area contributed by atoms with Crippen molar-refractivity contribution in [2.75, 3.05) is 13.1 Å².